The molecule has 7 atom stereocenters. The predicted molar refractivity (Wildman–Crippen MR) is 257 cm³/mol. The number of carboxylic acid groups (broad SMARTS) is 1. The molecule has 22 heteroatoms. The third-order valence-electron chi connectivity index (χ3n) is 12.2. The fourth-order valence-corrected chi connectivity index (χ4v) is 7.72. The Hall–Kier alpha value is -7.00. The minimum Gasteiger partial charge on any atom is -0.481 e. The average molecular weight is 950 g/mol. The Morgan fingerprint density at radius 2 is 1.16 bits per heavy atom. The van der Waals surface area contributed by atoms with Crippen molar-refractivity contribution in [1.29, 1.82) is 0 Å². The van der Waals surface area contributed by atoms with Gasteiger partial charge in [0.05, 0.1) is 12.8 Å². The Kier molecular flexibility index (Phi) is 22.5. The van der Waals surface area contributed by atoms with Crippen molar-refractivity contribution in [2.45, 2.75) is 122 Å². The number of nitrogens with one attached hydrogen (secondary N) is 5. The first-order valence-electron chi connectivity index (χ1n) is 23.1. The summed E-state index contributed by atoms with van der Waals surface area (Å²) in [4.78, 5) is 116. The zero-order valence-electron chi connectivity index (χ0n) is 39.5. The van der Waals surface area contributed by atoms with Gasteiger partial charge in [0.25, 0.3) is 0 Å². The van der Waals surface area contributed by atoms with Crippen molar-refractivity contribution in [3.05, 3.63) is 48.0 Å². The molecule has 0 aromatic heterocycles. The number of hydrogen-bond donors (Lipinski definition) is 11. The second-order valence-electron chi connectivity index (χ2n) is 17.3. The standard InChI is InChI=1S/C46H71N13O9/c1-5-26(3)37(39(47)63)57-41(65)33(14-10-20-53-46(50)51)55-43(67)34(25-36(61)62)56-44(68)38(27(4)6-2)58-42(66)32(13-9-19-52-45(48)49)54-40(64)30-17-21-59(22-18-30)35(60)24-28-15-16-29-11-7-8-12-31(29)23-28/h7-8,11-12,15-16,23,26-27,30,32-34,37-38H,5-6,9-10,13-14,17-22,24-25H2,1-4H3,(H2,47,63)(H,54,64)(H,55,67)(H,56,68)(H,57,65)(H,58,66)(H,61,62)(H4,48,49,52)(H4,50,51,53)/t26-,27-,32-,33-,34-,37-,38-/m0/s1. The molecule has 68 heavy (non-hydrogen) atoms. The number of piperidine rings is 1. The van der Waals surface area contributed by atoms with E-state index in [1.165, 1.54) is 0 Å². The highest BCUT2D eigenvalue weighted by molar-refractivity contribution is 5.98. The van der Waals surface area contributed by atoms with Gasteiger partial charge in [-0.15, -0.1) is 0 Å². The average Bonchev–Trinajstić information content (AvgIpc) is 3.30. The number of guanidine groups is 2. The van der Waals surface area contributed by atoms with Crippen LogP contribution in [0.4, 0.5) is 0 Å². The zero-order valence-corrected chi connectivity index (χ0v) is 39.5. The Bertz CT molecular complexity index is 2140. The number of likely N-dealkylation sites (tertiary alicyclic amines) is 1. The number of nitrogens with zero attached hydrogens (tertiary/aromatic N) is 3. The fourth-order valence-electron chi connectivity index (χ4n) is 7.72. The molecule has 1 heterocycles. The lowest BCUT2D eigenvalue weighted by Crippen LogP contribution is -2.60. The summed E-state index contributed by atoms with van der Waals surface area (Å²) in [7, 11) is 0. The maximum Gasteiger partial charge on any atom is 0.305 e. The van der Waals surface area contributed by atoms with Crippen molar-refractivity contribution < 1.29 is 43.5 Å². The van der Waals surface area contributed by atoms with Crippen LogP contribution in [0.25, 0.3) is 10.8 Å². The molecule has 1 saturated heterocycles. The minimum atomic E-state index is -1.74. The van der Waals surface area contributed by atoms with Crippen molar-refractivity contribution in [2.24, 2.45) is 56.4 Å². The summed E-state index contributed by atoms with van der Waals surface area (Å²) in [6, 6.07) is 7.12. The van der Waals surface area contributed by atoms with Crippen molar-refractivity contribution in [2.75, 3.05) is 26.2 Å². The van der Waals surface area contributed by atoms with E-state index in [9.17, 15) is 43.5 Å². The van der Waals surface area contributed by atoms with Crippen LogP contribution in [0.3, 0.4) is 0 Å². The number of nitrogens with two attached hydrogens (primary N) is 5. The van der Waals surface area contributed by atoms with Crippen molar-refractivity contribution in [3.63, 3.8) is 0 Å². The Balaban J connectivity index is 1.76. The van der Waals surface area contributed by atoms with Gasteiger partial charge in [-0.05, 0) is 66.7 Å². The van der Waals surface area contributed by atoms with E-state index in [0.29, 0.717) is 38.8 Å². The molecule has 0 radical (unpaired) electrons. The van der Waals surface area contributed by atoms with Gasteiger partial charge in [-0.2, -0.15) is 0 Å². The lowest BCUT2D eigenvalue weighted by atomic mass is 9.94. The largest absolute Gasteiger partial charge is 0.481 e. The van der Waals surface area contributed by atoms with E-state index in [1.807, 2.05) is 42.5 Å². The topological polar surface area (TPSA) is 375 Å². The number of benzene rings is 2. The number of amides is 7. The van der Waals surface area contributed by atoms with E-state index < -0.39 is 89.9 Å². The monoisotopic (exact) mass is 950 g/mol. The van der Waals surface area contributed by atoms with E-state index in [0.717, 1.165) is 16.3 Å². The highest BCUT2D eigenvalue weighted by Crippen LogP contribution is 2.21. The van der Waals surface area contributed by atoms with Gasteiger partial charge in [0, 0.05) is 32.1 Å². The number of rotatable bonds is 27. The number of carbonyl (C=O) groups excluding carboxylic acids is 7. The second-order valence-corrected chi connectivity index (χ2v) is 17.3. The van der Waals surface area contributed by atoms with Crippen molar-refractivity contribution in [1.82, 2.24) is 31.5 Å². The first-order valence-corrected chi connectivity index (χ1v) is 23.1. The molecular weight excluding hydrogens is 879 g/mol. The molecule has 3 rings (SSSR count). The first-order chi connectivity index (χ1) is 32.2. The minimum absolute atomic E-state index is 0.0563. The number of carboxylic acids is 1. The molecule has 1 aliphatic heterocycles. The van der Waals surface area contributed by atoms with Crippen LogP contribution in [0.5, 0.6) is 0 Å². The van der Waals surface area contributed by atoms with Gasteiger partial charge in [-0.1, -0.05) is 83.0 Å². The van der Waals surface area contributed by atoms with Gasteiger partial charge in [0.2, 0.25) is 41.4 Å². The van der Waals surface area contributed by atoms with Crippen molar-refractivity contribution >= 4 is 70.0 Å². The van der Waals surface area contributed by atoms with Gasteiger partial charge < -0.3 is 65.3 Å². The molecule has 1 fully saturated rings. The number of carbonyl (C=O) groups is 8. The predicted octanol–water partition coefficient (Wildman–Crippen LogP) is -0.796. The smallest absolute Gasteiger partial charge is 0.305 e. The Labute approximate surface area is 396 Å². The molecule has 2 aromatic carbocycles. The first kappa shape index (κ1) is 55.3. The number of aliphatic carboxylic acids is 1. The molecule has 0 bridgehead atoms. The van der Waals surface area contributed by atoms with E-state index in [2.05, 4.69) is 36.6 Å². The highest BCUT2D eigenvalue weighted by Gasteiger charge is 2.36. The van der Waals surface area contributed by atoms with Crippen LogP contribution in [0, 0.1) is 17.8 Å². The maximum absolute atomic E-state index is 14.1. The molecular formula is C46H71N13O9. The number of aliphatic imine (C=N–C) groups is 2. The molecule has 374 valence electrons. The summed E-state index contributed by atoms with van der Waals surface area (Å²) in [6.45, 7) is 7.81. The van der Waals surface area contributed by atoms with Crippen LogP contribution in [-0.2, 0) is 44.8 Å². The maximum atomic E-state index is 14.1. The Morgan fingerprint density at radius 3 is 1.69 bits per heavy atom. The third kappa shape index (κ3) is 18.0. The molecule has 0 unspecified atom stereocenters. The van der Waals surface area contributed by atoms with Gasteiger partial charge in [0.15, 0.2) is 11.9 Å². The van der Waals surface area contributed by atoms with Crippen LogP contribution >= 0.6 is 0 Å². The summed E-state index contributed by atoms with van der Waals surface area (Å²) in [6.07, 6.45) is 1.29. The molecule has 0 aliphatic carbocycles. The van der Waals surface area contributed by atoms with Gasteiger partial charge in [-0.25, -0.2) is 0 Å². The van der Waals surface area contributed by atoms with Crippen molar-refractivity contribution in [3.8, 4) is 0 Å². The lowest BCUT2D eigenvalue weighted by molar-refractivity contribution is -0.142. The molecule has 7 amide bonds. The summed E-state index contributed by atoms with van der Waals surface area (Å²) in [5.41, 5.74) is 28.3. The van der Waals surface area contributed by atoms with Gasteiger partial charge >= 0.3 is 5.97 Å². The summed E-state index contributed by atoms with van der Waals surface area (Å²) in [5, 5.41) is 24.9. The van der Waals surface area contributed by atoms with E-state index in [-0.39, 0.29) is 68.9 Å². The SMILES string of the molecule is CC[C@H](C)[C@H](NC(=O)[C@H](CCCN=C(N)N)NC(=O)[C@H](CC(=O)O)NC(=O)[C@@H](NC(=O)[C@H](CCCN=C(N)N)NC(=O)C1CCN(C(=O)Cc2ccc3ccccc3c2)CC1)[C@@H](C)CC)C(N)=O. The fraction of sp³-hybridized carbons (Fsp3) is 0.565. The Morgan fingerprint density at radius 1 is 0.662 bits per heavy atom. The third-order valence-corrected chi connectivity index (χ3v) is 12.2. The van der Waals surface area contributed by atoms with Crippen LogP contribution in [0.1, 0.15) is 91.0 Å². The number of hydrogen-bond acceptors (Lipinski definition) is 10. The van der Waals surface area contributed by atoms with Gasteiger partial charge in [-0.3, -0.25) is 48.3 Å². The van der Waals surface area contributed by atoms with Crippen LogP contribution in [0.2, 0.25) is 0 Å². The molecule has 1 aliphatic rings. The zero-order chi connectivity index (χ0) is 50.5. The van der Waals surface area contributed by atoms with E-state index >= 15 is 0 Å². The molecule has 16 N–H and O–H groups in total. The summed E-state index contributed by atoms with van der Waals surface area (Å²) < 4.78 is 0. The van der Waals surface area contributed by atoms with E-state index in [1.54, 1.807) is 32.6 Å². The van der Waals surface area contributed by atoms with Gasteiger partial charge in [0.1, 0.15) is 30.2 Å². The van der Waals surface area contributed by atoms with Crippen LogP contribution < -0.4 is 55.3 Å². The lowest BCUT2D eigenvalue weighted by Gasteiger charge is -2.33. The molecule has 2 aromatic rings. The number of fused-ring (bicyclic) bond motifs is 1. The summed E-state index contributed by atoms with van der Waals surface area (Å²) >= 11 is 0. The quantitative estimate of drug-likeness (QED) is 0.0297. The normalized spacial score (nSPS) is 15.7. The second kappa shape index (κ2) is 27.6. The summed E-state index contributed by atoms with van der Waals surface area (Å²) in [5.74, 6) is -8.02. The molecule has 22 nitrogen and oxygen atoms in total. The number of primary amides is 1. The van der Waals surface area contributed by atoms with E-state index in [4.69, 9.17) is 28.7 Å². The van der Waals surface area contributed by atoms with Crippen LogP contribution in [0.15, 0.2) is 52.4 Å². The molecule has 0 spiro atoms. The highest BCUT2D eigenvalue weighted by atomic mass is 16.4. The molecule has 0 saturated carbocycles. The van der Waals surface area contributed by atoms with Crippen LogP contribution in [-0.4, -0.2) is 126 Å².